The van der Waals surface area contributed by atoms with Gasteiger partial charge in [0.1, 0.15) is 27.6 Å². The van der Waals surface area contributed by atoms with E-state index in [1.165, 1.54) is 13.2 Å². The minimum Gasteiger partial charge on any atom is -0.507 e. The molecule has 0 bridgehead atoms. The molecule has 116 valence electrons. The monoisotopic (exact) mass is 341 g/mol. The maximum Gasteiger partial charge on any atom is 0.273 e. The number of hydrogen-bond acceptors (Lipinski definition) is 4. The number of hydrogen-bond donors (Lipinski definition) is 1. The van der Waals surface area contributed by atoms with Crippen LogP contribution in [0.1, 0.15) is 18.9 Å². The molecular formula is C15H13Cl2NO4. The number of phenols is 1. The SMILES string of the molecule is CCCc1c(OC)cc2oc3cc(Cl)c(Cl)n3c(=O)c2c1O. The second-order valence-electron chi connectivity index (χ2n) is 4.89. The molecular weight excluding hydrogens is 329 g/mol. The van der Waals surface area contributed by atoms with Gasteiger partial charge in [-0.15, -0.1) is 0 Å². The van der Waals surface area contributed by atoms with Gasteiger partial charge in [-0.25, -0.2) is 4.40 Å². The van der Waals surface area contributed by atoms with Crippen LogP contribution >= 0.6 is 23.2 Å². The van der Waals surface area contributed by atoms with Gasteiger partial charge in [0.25, 0.3) is 5.56 Å². The minimum atomic E-state index is -0.481. The summed E-state index contributed by atoms with van der Waals surface area (Å²) in [5, 5.41) is 10.8. The van der Waals surface area contributed by atoms with Gasteiger partial charge in [-0.3, -0.25) is 4.79 Å². The van der Waals surface area contributed by atoms with Crippen LogP contribution in [0.3, 0.4) is 0 Å². The Morgan fingerprint density at radius 3 is 2.73 bits per heavy atom. The summed E-state index contributed by atoms with van der Waals surface area (Å²) in [4.78, 5) is 12.7. The van der Waals surface area contributed by atoms with Crippen LogP contribution < -0.4 is 10.3 Å². The fourth-order valence-corrected chi connectivity index (χ4v) is 2.94. The Bertz CT molecular complexity index is 942. The molecule has 3 rings (SSSR count). The van der Waals surface area contributed by atoms with Crippen molar-refractivity contribution in [2.75, 3.05) is 7.11 Å². The van der Waals surface area contributed by atoms with Gasteiger partial charge in [0.05, 0.1) is 12.1 Å². The van der Waals surface area contributed by atoms with Gasteiger partial charge in [-0.05, 0) is 6.42 Å². The van der Waals surface area contributed by atoms with Crippen molar-refractivity contribution in [3.8, 4) is 11.5 Å². The zero-order valence-corrected chi connectivity index (χ0v) is 13.5. The molecule has 0 radical (unpaired) electrons. The molecule has 0 aliphatic carbocycles. The molecule has 0 atom stereocenters. The second-order valence-corrected chi connectivity index (χ2v) is 5.66. The van der Waals surface area contributed by atoms with Crippen LogP contribution in [0.5, 0.6) is 11.5 Å². The molecule has 0 unspecified atom stereocenters. The van der Waals surface area contributed by atoms with Crippen LogP contribution in [0.25, 0.3) is 16.7 Å². The van der Waals surface area contributed by atoms with E-state index in [2.05, 4.69) is 0 Å². The summed E-state index contributed by atoms with van der Waals surface area (Å²) in [6.45, 7) is 1.97. The third-order valence-electron chi connectivity index (χ3n) is 3.54. The zero-order valence-electron chi connectivity index (χ0n) is 11.9. The van der Waals surface area contributed by atoms with Crippen molar-refractivity contribution < 1.29 is 14.3 Å². The van der Waals surface area contributed by atoms with Crippen molar-refractivity contribution in [1.29, 1.82) is 0 Å². The average Bonchev–Trinajstić information content (AvgIpc) is 2.76. The number of methoxy groups -OCH3 is 1. The van der Waals surface area contributed by atoms with Crippen molar-refractivity contribution in [3.05, 3.63) is 38.2 Å². The topological polar surface area (TPSA) is 64.1 Å². The Balaban J connectivity index is 2.51. The van der Waals surface area contributed by atoms with Crippen molar-refractivity contribution in [3.63, 3.8) is 0 Å². The third kappa shape index (κ3) is 2.04. The molecule has 5 nitrogen and oxygen atoms in total. The van der Waals surface area contributed by atoms with Gasteiger partial charge in [-0.2, -0.15) is 0 Å². The Morgan fingerprint density at radius 1 is 1.36 bits per heavy atom. The molecule has 22 heavy (non-hydrogen) atoms. The van der Waals surface area contributed by atoms with E-state index in [1.807, 2.05) is 6.92 Å². The van der Waals surface area contributed by atoms with Gasteiger partial charge in [0.2, 0.25) is 5.71 Å². The molecule has 0 aliphatic rings. The molecule has 0 spiro atoms. The highest BCUT2D eigenvalue weighted by Crippen LogP contribution is 2.37. The smallest absolute Gasteiger partial charge is 0.273 e. The van der Waals surface area contributed by atoms with E-state index in [0.717, 1.165) is 10.8 Å². The lowest BCUT2D eigenvalue weighted by molar-refractivity contribution is 0.399. The van der Waals surface area contributed by atoms with Crippen LogP contribution in [0.2, 0.25) is 10.2 Å². The summed E-state index contributed by atoms with van der Waals surface area (Å²) >= 11 is 12.0. The van der Waals surface area contributed by atoms with E-state index in [0.29, 0.717) is 17.7 Å². The number of phenolic OH excluding ortho intramolecular Hbond substituents is 1. The van der Waals surface area contributed by atoms with Gasteiger partial charge in [-0.1, -0.05) is 36.5 Å². The van der Waals surface area contributed by atoms with Crippen LogP contribution in [0, 0.1) is 0 Å². The van der Waals surface area contributed by atoms with Crippen molar-refractivity contribution in [1.82, 2.24) is 4.40 Å². The number of aromatic nitrogens is 1. The number of fused-ring (bicyclic) bond motifs is 2. The van der Waals surface area contributed by atoms with Gasteiger partial charge >= 0.3 is 0 Å². The first-order valence-corrected chi connectivity index (χ1v) is 7.47. The Morgan fingerprint density at radius 2 is 2.09 bits per heavy atom. The lowest BCUT2D eigenvalue weighted by Crippen LogP contribution is -2.13. The van der Waals surface area contributed by atoms with Crippen LogP contribution in [-0.2, 0) is 6.42 Å². The number of benzene rings is 1. The van der Waals surface area contributed by atoms with Gasteiger partial charge in [0.15, 0.2) is 0 Å². The third-order valence-corrected chi connectivity index (χ3v) is 4.30. The normalized spacial score (nSPS) is 11.5. The summed E-state index contributed by atoms with van der Waals surface area (Å²) in [5.74, 6) is 0.329. The van der Waals surface area contributed by atoms with E-state index in [-0.39, 0.29) is 32.6 Å². The number of ether oxygens (including phenoxy) is 1. The molecule has 2 heterocycles. The van der Waals surface area contributed by atoms with Crippen LogP contribution in [0.4, 0.5) is 0 Å². The highest BCUT2D eigenvalue weighted by Gasteiger charge is 2.21. The molecule has 1 N–H and O–H groups in total. The molecule has 7 heteroatoms. The molecule has 0 saturated heterocycles. The van der Waals surface area contributed by atoms with Crippen LogP contribution in [-0.4, -0.2) is 16.6 Å². The summed E-state index contributed by atoms with van der Waals surface area (Å²) in [7, 11) is 1.50. The number of aromatic hydroxyl groups is 1. The first-order valence-electron chi connectivity index (χ1n) is 6.71. The average molecular weight is 342 g/mol. The summed E-state index contributed by atoms with van der Waals surface area (Å²) in [6.07, 6.45) is 1.36. The van der Waals surface area contributed by atoms with Gasteiger partial charge < -0.3 is 14.3 Å². The standard InChI is InChI=1S/C15H13Cl2NO4/c1-3-4-7-9(21-2)6-10-12(13(7)19)15(20)18-11(22-10)5-8(16)14(18)17/h5-6,19H,3-4H2,1-2H3. The quantitative estimate of drug-likeness (QED) is 0.781. The molecule has 0 aliphatic heterocycles. The van der Waals surface area contributed by atoms with E-state index in [1.54, 1.807) is 6.07 Å². The Kier molecular flexibility index (Phi) is 3.70. The van der Waals surface area contributed by atoms with Crippen LogP contribution in [0.15, 0.2) is 21.3 Å². The maximum absolute atomic E-state index is 12.7. The predicted molar refractivity (Wildman–Crippen MR) is 85.7 cm³/mol. The Labute approximate surface area is 135 Å². The van der Waals surface area contributed by atoms with Gasteiger partial charge in [0, 0.05) is 17.7 Å². The van der Waals surface area contributed by atoms with E-state index in [9.17, 15) is 9.90 Å². The molecule has 0 saturated carbocycles. The Hall–Kier alpha value is -1.85. The molecule has 1 aromatic carbocycles. The summed E-state index contributed by atoms with van der Waals surface area (Å²) < 4.78 is 12.1. The van der Waals surface area contributed by atoms with Crippen molar-refractivity contribution in [2.24, 2.45) is 0 Å². The molecule has 0 amide bonds. The number of halogens is 2. The first-order chi connectivity index (χ1) is 10.5. The largest absolute Gasteiger partial charge is 0.507 e. The molecule has 0 fully saturated rings. The van der Waals surface area contributed by atoms with E-state index >= 15 is 0 Å². The molecule has 3 aromatic rings. The lowest BCUT2D eigenvalue weighted by Gasteiger charge is -2.12. The van der Waals surface area contributed by atoms with E-state index in [4.69, 9.17) is 32.4 Å². The highest BCUT2D eigenvalue weighted by atomic mass is 35.5. The summed E-state index contributed by atoms with van der Waals surface area (Å²) in [5.41, 5.74) is 0.513. The number of rotatable bonds is 3. The first kappa shape index (κ1) is 15.1. The zero-order chi connectivity index (χ0) is 16.0. The fourth-order valence-electron chi connectivity index (χ4n) is 2.55. The maximum atomic E-state index is 12.7. The van der Waals surface area contributed by atoms with E-state index < -0.39 is 5.56 Å². The fraction of sp³-hybridized carbons (Fsp3) is 0.267. The summed E-state index contributed by atoms with van der Waals surface area (Å²) in [6, 6.07) is 3.05. The number of nitrogens with zero attached hydrogens (tertiary/aromatic N) is 1. The predicted octanol–water partition coefficient (Wildman–Crippen LogP) is 4.02. The second kappa shape index (κ2) is 5.41. The van der Waals surface area contributed by atoms with Crippen molar-refractivity contribution >= 4 is 39.9 Å². The minimum absolute atomic E-state index is 0.0552. The van der Waals surface area contributed by atoms with Crippen molar-refractivity contribution in [2.45, 2.75) is 19.8 Å². The highest BCUT2D eigenvalue weighted by molar-refractivity contribution is 6.42. The lowest BCUT2D eigenvalue weighted by atomic mass is 10.0. The molecule has 2 aromatic heterocycles.